The van der Waals surface area contributed by atoms with Crippen molar-refractivity contribution in [2.45, 2.75) is 13.3 Å². The molecule has 0 spiro atoms. The van der Waals surface area contributed by atoms with E-state index in [1.807, 2.05) is 19.1 Å². The molecule has 0 atom stereocenters. The first-order valence-corrected chi connectivity index (χ1v) is 3.64. The molecule has 0 amide bonds. The van der Waals surface area contributed by atoms with Gasteiger partial charge in [-0.05, 0) is 25.0 Å². The van der Waals surface area contributed by atoms with Gasteiger partial charge in [0.1, 0.15) is 5.75 Å². The summed E-state index contributed by atoms with van der Waals surface area (Å²) in [5, 5.41) is 9.37. The minimum Gasteiger partial charge on any atom is -1.00 e. The van der Waals surface area contributed by atoms with Crippen LogP contribution in [-0.2, 0) is 6.42 Å². The van der Waals surface area contributed by atoms with Crippen molar-refractivity contribution >= 4 is 0 Å². The second kappa shape index (κ2) is 5.41. The molecule has 0 fully saturated rings. The molecule has 0 aliphatic heterocycles. The third kappa shape index (κ3) is 2.67. The van der Waals surface area contributed by atoms with Gasteiger partial charge in [0.25, 0.3) is 0 Å². The van der Waals surface area contributed by atoms with Gasteiger partial charge < -0.3 is 6.53 Å². The quantitative estimate of drug-likeness (QED) is 0.473. The van der Waals surface area contributed by atoms with Gasteiger partial charge in [0, 0.05) is 5.56 Å². The SMILES string of the molecule is C=CCc1c(C)cccc1O.[H-].[Na+]. The molecule has 0 saturated carbocycles. The van der Waals surface area contributed by atoms with E-state index in [0.29, 0.717) is 5.75 Å². The Morgan fingerprint density at radius 3 is 2.75 bits per heavy atom. The zero-order valence-electron chi connectivity index (χ0n) is 8.67. The molecule has 0 aliphatic rings. The van der Waals surface area contributed by atoms with E-state index in [1.54, 1.807) is 12.1 Å². The molecular formula is C10H13NaO. The van der Waals surface area contributed by atoms with Crippen molar-refractivity contribution in [2.24, 2.45) is 0 Å². The normalized spacial score (nSPS) is 8.75. The number of allylic oxidation sites excluding steroid dienone is 1. The first kappa shape index (κ1) is 11.8. The average molecular weight is 172 g/mol. The maximum Gasteiger partial charge on any atom is 1.00 e. The van der Waals surface area contributed by atoms with Gasteiger partial charge in [0.05, 0.1) is 0 Å². The van der Waals surface area contributed by atoms with Crippen LogP contribution in [0.15, 0.2) is 30.9 Å². The number of aromatic hydroxyl groups is 1. The number of aryl methyl sites for hydroxylation is 1. The maximum atomic E-state index is 9.37. The van der Waals surface area contributed by atoms with Gasteiger partial charge in [-0.1, -0.05) is 18.2 Å². The van der Waals surface area contributed by atoms with Gasteiger partial charge in [0.15, 0.2) is 0 Å². The van der Waals surface area contributed by atoms with E-state index >= 15 is 0 Å². The number of phenolic OH excluding ortho intramolecular Hbond substituents is 1. The van der Waals surface area contributed by atoms with Gasteiger partial charge in [-0.2, -0.15) is 0 Å². The monoisotopic (exact) mass is 172 g/mol. The molecule has 1 nitrogen and oxygen atoms in total. The number of rotatable bonds is 2. The largest absolute Gasteiger partial charge is 1.00 e. The molecule has 0 radical (unpaired) electrons. The molecule has 1 rings (SSSR count). The fourth-order valence-electron chi connectivity index (χ4n) is 1.10. The summed E-state index contributed by atoms with van der Waals surface area (Å²) in [5.41, 5.74) is 2.09. The van der Waals surface area contributed by atoms with Crippen LogP contribution in [0.3, 0.4) is 0 Å². The van der Waals surface area contributed by atoms with Crippen LogP contribution in [0.25, 0.3) is 0 Å². The first-order valence-electron chi connectivity index (χ1n) is 3.64. The van der Waals surface area contributed by atoms with Crippen LogP contribution in [0.2, 0.25) is 0 Å². The molecule has 12 heavy (non-hydrogen) atoms. The number of benzene rings is 1. The molecule has 0 unspecified atom stereocenters. The Labute approximate surface area is 96.9 Å². The zero-order chi connectivity index (χ0) is 8.27. The Balaban J connectivity index is 0. The molecule has 1 aromatic carbocycles. The third-order valence-electron chi connectivity index (χ3n) is 1.73. The Morgan fingerprint density at radius 2 is 2.25 bits per heavy atom. The van der Waals surface area contributed by atoms with Crippen LogP contribution in [0, 0.1) is 6.92 Å². The molecule has 0 aromatic heterocycles. The summed E-state index contributed by atoms with van der Waals surface area (Å²) in [7, 11) is 0. The Morgan fingerprint density at radius 1 is 1.58 bits per heavy atom. The summed E-state index contributed by atoms with van der Waals surface area (Å²) in [6.45, 7) is 5.61. The standard InChI is InChI=1S/C10H12O.Na.H/c1-3-5-9-8(2)6-4-7-10(9)11;;/h3-4,6-7,11H,1,5H2,2H3;;/q;+1;-1. The summed E-state index contributed by atoms with van der Waals surface area (Å²) in [5.74, 6) is 0.366. The number of hydrogen-bond donors (Lipinski definition) is 1. The molecule has 0 heterocycles. The van der Waals surface area contributed by atoms with Crippen LogP contribution in [0.1, 0.15) is 12.6 Å². The second-order valence-corrected chi connectivity index (χ2v) is 2.57. The Kier molecular flexibility index (Phi) is 5.31. The Bertz CT molecular complexity index is 253. The van der Waals surface area contributed by atoms with E-state index in [2.05, 4.69) is 6.58 Å². The van der Waals surface area contributed by atoms with Crippen LogP contribution in [-0.4, -0.2) is 5.11 Å². The minimum atomic E-state index is 0. The van der Waals surface area contributed by atoms with Gasteiger partial charge in [-0.3, -0.25) is 0 Å². The third-order valence-corrected chi connectivity index (χ3v) is 1.73. The smallest absolute Gasteiger partial charge is 1.00 e. The van der Waals surface area contributed by atoms with E-state index in [0.717, 1.165) is 17.5 Å². The van der Waals surface area contributed by atoms with E-state index < -0.39 is 0 Å². The van der Waals surface area contributed by atoms with Crippen molar-refractivity contribution in [3.05, 3.63) is 42.0 Å². The van der Waals surface area contributed by atoms with E-state index in [9.17, 15) is 5.11 Å². The molecule has 1 N–H and O–H groups in total. The maximum absolute atomic E-state index is 9.37. The fraction of sp³-hybridized carbons (Fsp3) is 0.200. The van der Waals surface area contributed by atoms with Gasteiger partial charge >= 0.3 is 29.6 Å². The summed E-state index contributed by atoms with van der Waals surface area (Å²) >= 11 is 0. The predicted octanol–water partition coefficient (Wildman–Crippen LogP) is -0.454. The number of hydrogen-bond acceptors (Lipinski definition) is 1. The molecular weight excluding hydrogens is 159 g/mol. The summed E-state index contributed by atoms with van der Waals surface area (Å²) < 4.78 is 0. The van der Waals surface area contributed by atoms with Crippen LogP contribution < -0.4 is 29.6 Å². The van der Waals surface area contributed by atoms with Crippen LogP contribution >= 0.6 is 0 Å². The summed E-state index contributed by atoms with van der Waals surface area (Å²) in [6, 6.07) is 5.53. The molecule has 0 bridgehead atoms. The molecule has 0 saturated heterocycles. The van der Waals surface area contributed by atoms with Crippen molar-refractivity contribution in [2.75, 3.05) is 0 Å². The van der Waals surface area contributed by atoms with Gasteiger partial charge in [0.2, 0.25) is 0 Å². The summed E-state index contributed by atoms with van der Waals surface area (Å²) in [4.78, 5) is 0. The average Bonchev–Trinajstić information content (AvgIpc) is 1.97. The topological polar surface area (TPSA) is 20.2 Å². The zero-order valence-corrected chi connectivity index (χ0v) is 9.67. The van der Waals surface area contributed by atoms with Gasteiger partial charge in [-0.15, -0.1) is 6.58 Å². The van der Waals surface area contributed by atoms with E-state index in [-0.39, 0.29) is 31.0 Å². The van der Waals surface area contributed by atoms with Crippen molar-refractivity contribution in [3.8, 4) is 5.75 Å². The minimum absolute atomic E-state index is 0. The number of phenols is 1. The van der Waals surface area contributed by atoms with Crippen LogP contribution in [0.5, 0.6) is 5.75 Å². The molecule has 0 aliphatic carbocycles. The molecule has 1 aromatic rings. The molecule has 60 valence electrons. The van der Waals surface area contributed by atoms with Crippen molar-refractivity contribution < 1.29 is 36.1 Å². The first-order chi connectivity index (χ1) is 5.25. The van der Waals surface area contributed by atoms with Gasteiger partial charge in [-0.25, -0.2) is 0 Å². The van der Waals surface area contributed by atoms with Crippen molar-refractivity contribution in [1.29, 1.82) is 0 Å². The molecule has 2 heteroatoms. The van der Waals surface area contributed by atoms with Crippen LogP contribution in [0.4, 0.5) is 0 Å². The fourth-order valence-corrected chi connectivity index (χ4v) is 1.10. The van der Waals surface area contributed by atoms with Crippen molar-refractivity contribution in [3.63, 3.8) is 0 Å². The van der Waals surface area contributed by atoms with Crippen molar-refractivity contribution in [1.82, 2.24) is 0 Å². The van der Waals surface area contributed by atoms with E-state index in [4.69, 9.17) is 0 Å². The Hall–Kier alpha value is -0.240. The summed E-state index contributed by atoms with van der Waals surface area (Å²) in [6.07, 6.45) is 2.53. The second-order valence-electron chi connectivity index (χ2n) is 2.57. The van der Waals surface area contributed by atoms with E-state index in [1.165, 1.54) is 0 Å². The predicted molar refractivity (Wildman–Crippen MR) is 47.9 cm³/mol.